The first kappa shape index (κ1) is 17.9. The van der Waals surface area contributed by atoms with Gasteiger partial charge in [0.05, 0.1) is 24.7 Å². The molecule has 6 heteroatoms. The molecule has 1 aliphatic rings. The molecule has 3 rings (SSSR count). The highest BCUT2D eigenvalue weighted by atomic mass is 32.2. The van der Waals surface area contributed by atoms with E-state index in [9.17, 15) is 8.42 Å². The van der Waals surface area contributed by atoms with Gasteiger partial charge in [-0.1, -0.05) is 30.3 Å². The number of sulfonamides is 1. The molecule has 0 spiro atoms. The molecule has 134 valence electrons. The van der Waals surface area contributed by atoms with Crippen LogP contribution in [0.1, 0.15) is 11.1 Å². The Morgan fingerprint density at radius 1 is 1.20 bits per heavy atom. The van der Waals surface area contributed by atoms with Crippen molar-refractivity contribution in [2.24, 2.45) is 0 Å². The van der Waals surface area contributed by atoms with Crippen molar-refractivity contribution < 1.29 is 17.9 Å². The summed E-state index contributed by atoms with van der Waals surface area (Å²) in [4.78, 5) is 0.297. The van der Waals surface area contributed by atoms with Gasteiger partial charge >= 0.3 is 0 Å². The van der Waals surface area contributed by atoms with Crippen molar-refractivity contribution in [3.8, 4) is 5.75 Å². The fourth-order valence-corrected chi connectivity index (χ4v) is 4.61. The van der Waals surface area contributed by atoms with Crippen molar-refractivity contribution in [2.75, 3.05) is 26.8 Å². The molecule has 1 atom stereocenters. The smallest absolute Gasteiger partial charge is 0.243 e. The van der Waals surface area contributed by atoms with Crippen LogP contribution in [-0.4, -0.2) is 45.6 Å². The molecule has 5 nitrogen and oxygen atoms in total. The van der Waals surface area contributed by atoms with E-state index in [-0.39, 0.29) is 6.10 Å². The zero-order chi connectivity index (χ0) is 17.9. The minimum absolute atomic E-state index is 0.134. The summed E-state index contributed by atoms with van der Waals surface area (Å²) in [5.41, 5.74) is 1.95. The maximum absolute atomic E-state index is 13.0. The summed E-state index contributed by atoms with van der Waals surface area (Å²) in [6.45, 7) is 2.99. The number of ether oxygens (including phenoxy) is 2. The summed E-state index contributed by atoms with van der Waals surface area (Å²) in [6, 6.07) is 14.9. The zero-order valence-corrected chi connectivity index (χ0v) is 15.3. The third-order valence-corrected chi connectivity index (χ3v) is 6.27. The first-order valence-corrected chi connectivity index (χ1v) is 9.75. The predicted octanol–water partition coefficient (Wildman–Crippen LogP) is 2.64. The minimum Gasteiger partial charge on any atom is -0.496 e. The molecule has 1 fully saturated rings. The third-order valence-electron chi connectivity index (χ3n) is 4.41. The number of rotatable bonds is 5. The number of hydrogen-bond donors (Lipinski definition) is 0. The van der Waals surface area contributed by atoms with Crippen LogP contribution >= 0.6 is 0 Å². The molecular formula is C19H23NO4S. The van der Waals surface area contributed by atoms with E-state index in [1.54, 1.807) is 25.3 Å². The van der Waals surface area contributed by atoms with Crippen molar-refractivity contribution >= 4 is 10.0 Å². The van der Waals surface area contributed by atoms with Crippen LogP contribution in [0, 0.1) is 6.92 Å². The van der Waals surface area contributed by atoms with Crippen LogP contribution in [0.3, 0.4) is 0 Å². The van der Waals surface area contributed by atoms with Crippen LogP contribution in [-0.2, 0) is 21.2 Å². The van der Waals surface area contributed by atoms with Crippen molar-refractivity contribution in [1.82, 2.24) is 4.31 Å². The molecule has 0 N–H and O–H groups in total. The molecule has 1 unspecified atom stereocenters. The van der Waals surface area contributed by atoms with Gasteiger partial charge in [-0.15, -0.1) is 0 Å². The maximum Gasteiger partial charge on any atom is 0.243 e. The molecule has 0 bridgehead atoms. The molecule has 25 heavy (non-hydrogen) atoms. The first-order valence-electron chi connectivity index (χ1n) is 8.31. The van der Waals surface area contributed by atoms with Crippen LogP contribution < -0.4 is 4.74 Å². The number of hydrogen-bond acceptors (Lipinski definition) is 4. The quantitative estimate of drug-likeness (QED) is 0.822. The van der Waals surface area contributed by atoms with E-state index >= 15 is 0 Å². The van der Waals surface area contributed by atoms with Gasteiger partial charge in [-0.25, -0.2) is 8.42 Å². The Kier molecular flexibility index (Phi) is 5.42. The van der Waals surface area contributed by atoms with Gasteiger partial charge in [0.2, 0.25) is 10.0 Å². The second-order valence-electron chi connectivity index (χ2n) is 6.18. The van der Waals surface area contributed by atoms with E-state index < -0.39 is 10.0 Å². The monoisotopic (exact) mass is 361 g/mol. The van der Waals surface area contributed by atoms with Crippen molar-refractivity contribution in [1.29, 1.82) is 0 Å². The highest BCUT2D eigenvalue weighted by Crippen LogP contribution is 2.25. The molecule has 2 aromatic rings. The number of methoxy groups -OCH3 is 1. The average molecular weight is 361 g/mol. The second kappa shape index (κ2) is 7.56. The lowest BCUT2D eigenvalue weighted by Crippen LogP contribution is -2.46. The Morgan fingerprint density at radius 2 is 1.96 bits per heavy atom. The Balaban J connectivity index is 1.76. The summed E-state index contributed by atoms with van der Waals surface area (Å²) in [5, 5.41) is 0. The number of benzene rings is 2. The summed E-state index contributed by atoms with van der Waals surface area (Å²) in [6.07, 6.45) is 0.569. The molecule has 0 aliphatic carbocycles. The van der Waals surface area contributed by atoms with Crippen LogP contribution in [0.4, 0.5) is 0 Å². The van der Waals surface area contributed by atoms with E-state index in [0.717, 1.165) is 11.1 Å². The van der Waals surface area contributed by atoms with Crippen molar-refractivity contribution in [3.05, 3.63) is 59.7 Å². The average Bonchev–Trinajstić information content (AvgIpc) is 2.62. The topological polar surface area (TPSA) is 55.8 Å². The summed E-state index contributed by atoms with van der Waals surface area (Å²) < 4.78 is 38.4. The zero-order valence-electron chi connectivity index (χ0n) is 14.5. The molecule has 0 radical (unpaired) electrons. The summed E-state index contributed by atoms with van der Waals surface area (Å²) in [7, 11) is -1.96. The number of morpholine rings is 1. The van der Waals surface area contributed by atoms with Crippen LogP contribution in [0.15, 0.2) is 53.4 Å². The Hall–Kier alpha value is -1.89. The van der Waals surface area contributed by atoms with Gasteiger partial charge < -0.3 is 9.47 Å². The molecular weight excluding hydrogens is 338 g/mol. The lowest BCUT2D eigenvalue weighted by Gasteiger charge is -2.32. The van der Waals surface area contributed by atoms with Gasteiger partial charge in [-0.2, -0.15) is 4.31 Å². The van der Waals surface area contributed by atoms with Crippen molar-refractivity contribution in [3.63, 3.8) is 0 Å². The van der Waals surface area contributed by atoms with Gasteiger partial charge in [-0.05, 0) is 42.7 Å². The van der Waals surface area contributed by atoms with Gasteiger partial charge in [-0.3, -0.25) is 0 Å². The van der Waals surface area contributed by atoms with Crippen LogP contribution in [0.5, 0.6) is 5.75 Å². The molecule has 0 amide bonds. The fraction of sp³-hybridized carbons (Fsp3) is 0.368. The maximum atomic E-state index is 13.0. The fourth-order valence-electron chi connectivity index (χ4n) is 3.07. The summed E-state index contributed by atoms with van der Waals surface area (Å²) >= 11 is 0. The molecule has 2 aromatic carbocycles. The Labute approximate surface area is 149 Å². The Morgan fingerprint density at radius 3 is 2.64 bits per heavy atom. The first-order chi connectivity index (χ1) is 12.0. The van der Waals surface area contributed by atoms with E-state index in [1.807, 2.05) is 37.3 Å². The molecule has 0 aromatic heterocycles. The lowest BCUT2D eigenvalue weighted by molar-refractivity contribution is -0.000496. The lowest BCUT2D eigenvalue weighted by atomic mass is 10.1. The highest BCUT2D eigenvalue weighted by molar-refractivity contribution is 7.89. The van der Waals surface area contributed by atoms with Gasteiger partial charge in [0.15, 0.2) is 0 Å². The third kappa shape index (κ3) is 4.03. The Bertz CT molecular complexity index is 821. The number of nitrogens with zero attached hydrogens (tertiary/aromatic N) is 1. The standard InChI is InChI=1S/C19H23NO4S/c1-15-12-18(8-9-19(15)23-2)25(21,22)20-10-11-24-17(14-20)13-16-6-4-3-5-7-16/h3-9,12,17H,10-11,13-14H2,1-2H3. The second-order valence-corrected chi connectivity index (χ2v) is 8.11. The van der Waals surface area contributed by atoms with Crippen LogP contribution in [0.25, 0.3) is 0 Å². The normalized spacial score (nSPS) is 18.9. The predicted molar refractivity (Wildman–Crippen MR) is 96.4 cm³/mol. The molecule has 1 saturated heterocycles. The van der Waals surface area contributed by atoms with E-state index in [2.05, 4.69) is 0 Å². The van der Waals surface area contributed by atoms with Gasteiger partial charge in [0.1, 0.15) is 5.75 Å². The molecule has 0 saturated carbocycles. The largest absolute Gasteiger partial charge is 0.496 e. The van der Waals surface area contributed by atoms with Crippen molar-refractivity contribution in [2.45, 2.75) is 24.3 Å². The summed E-state index contributed by atoms with van der Waals surface area (Å²) in [5.74, 6) is 0.683. The molecule has 1 aliphatic heterocycles. The van der Waals surface area contributed by atoms with E-state index in [1.165, 1.54) is 4.31 Å². The number of aryl methyl sites for hydroxylation is 1. The SMILES string of the molecule is COc1ccc(S(=O)(=O)N2CCOC(Cc3ccccc3)C2)cc1C. The van der Waals surface area contributed by atoms with Gasteiger partial charge in [0.25, 0.3) is 0 Å². The minimum atomic E-state index is -3.54. The highest BCUT2D eigenvalue weighted by Gasteiger charge is 2.31. The van der Waals surface area contributed by atoms with Gasteiger partial charge in [0, 0.05) is 13.1 Å². The molecule has 1 heterocycles. The van der Waals surface area contributed by atoms with E-state index in [0.29, 0.717) is 36.8 Å². The van der Waals surface area contributed by atoms with Crippen LogP contribution in [0.2, 0.25) is 0 Å². The van der Waals surface area contributed by atoms with E-state index in [4.69, 9.17) is 9.47 Å².